The normalized spacial score (nSPS) is 11.6. The molecule has 0 spiro atoms. The van der Waals surface area contributed by atoms with Crippen molar-refractivity contribution in [2.75, 3.05) is 11.6 Å². The number of hydrogen-bond acceptors (Lipinski definition) is 6. The number of thiazole rings is 1. The topological polar surface area (TPSA) is 118 Å². The summed E-state index contributed by atoms with van der Waals surface area (Å²) >= 11 is 1.17. The Morgan fingerprint density at radius 1 is 1.19 bits per heavy atom. The summed E-state index contributed by atoms with van der Waals surface area (Å²) in [4.78, 5) is 28.2. The molecule has 2 N–H and O–H groups in total. The molecule has 2 aromatic heterocycles. The number of aliphatic carboxylic acids is 1. The number of aromatic nitrogens is 2. The fraction of sp³-hybridized carbons (Fsp3) is 0.318. The molecule has 170 valence electrons. The highest BCUT2D eigenvalue weighted by Gasteiger charge is 2.17. The molecule has 0 bridgehead atoms. The molecule has 0 aliphatic heterocycles. The number of carboxylic acids is 1. The Morgan fingerprint density at radius 2 is 1.88 bits per heavy atom. The Morgan fingerprint density at radius 3 is 2.47 bits per heavy atom. The molecule has 0 fully saturated rings. The van der Waals surface area contributed by atoms with Gasteiger partial charge < -0.3 is 9.67 Å². The monoisotopic (exact) mass is 475 g/mol. The SMILES string of the molecule is CC(C)Cc1cc(C(=O)Nc2nc(CC(=O)O)cs2)n(Cc2ccc(S(C)(=O)=O)cc2)c1. The minimum Gasteiger partial charge on any atom is -0.481 e. The van der Waals surface area contributed by atoms with Crippen LogP contribution in [0.25, 0.3) is 0 Å². The Bertz CT molecular complexity index is 1220. The van der Waals surface area contributed by atoms with Gasteiger partial charge in [0.05, 0.1) is 17.0 Å². The molecule has 0 saturated heterocycles. The maximum atomic E-state index is 13.0. The molecule has 0 saturated carbocycles. The summed E-state index contributed by atoms with van der Waals surface area (Å²) in [6, 6.07) is 8.43. The van der Waals surface area contributed by atoms with Crippen LogP contribution in [0.4, 0.5) is 5.13 Å². The second-order valence-electron chi connectivity index (χ2n) is 8.04. The van der Waals surface area contributed by atoms with Crippen molar-refractivity contribution in [2.24, 2.45) is 5.92 Å². The lowest BCUT2D eigenvalue weighted by atomic mass is 10.1. The number of carbonyl (C=O) groups excluding carboxylic acids is 1. The van der Waals surface area contributed by atoms with E-state index in [0.29, 0.717) is 29.0 Å². The molecule has 3 rings (SSSR count). The van der Waals surface area contributed by atoms with Gasteiger partial charge in [0, 0.05) is 24.4 Å². The van der Waals surface area contributed by atoms with E-state index in [1.807, 2.05) is 16.8 Å². The van der Waals surface area contributed by atoms with Crippen molar-refractivity contribution in [2.45, 2.75) is 38.1 Å². The summed E-state index contributed by atoms with van der Waals surface area (Å²) in [7, 11) is -3.28. The molecule has 3 aromatic rings. The summed E-state index contributed by atoms with van der Waals surface area (Å²) in [5.74, 6) is -0.917. The zero-order valence-electron chi connectivity index (χ0n) is 18.0. The Labute approximate surface area is 190 Å². The number of nitrogens with one attached hydrogen (secondary N) is 1. The average molecular weight is 476 g/mol. The van der Waals surface area contributed by atoms with Gasteiger partial charge >= 0.3 is 5.97 Å². The highest BCUT2D eigenvalue weighted by Crippen LogP contribution is 2.20. The van der Waals surface area contributed by atoms with Crippen LogP contribution in [-0.2, 0) is 34.0 Å². The molecule has 0 atom stereocenters. The van der Waals surface area contributed by atoms with Crippen LogP contribution in [0.15, 0.2) is 46.8 Å². The molecule has 32 heavy (non-hydrogen) atoms. The largest absolute Gasteiger partial charge is 0.481 e. The summed E-state index contributed by atoms with van der Waals surface area (Å²) in [6.45, 7) is 4.59. The lowest BCUT2D eigenvalue weighted by molar-refractivity contribution is -0.136. The molecule has 0 aliphatic carbocycles. The van der Waals surface area contributed by atoms with Crippen LogP contribution in [0.2, 0.25) is 0 Å². The maximum Gasteiger partial charge on any atom is 0.309 e. The van der Waals surface area contributed by atoms with E-state index < -0.39 is 15.8 Å². The molecular weight excluding hydrogens is 450 g/mol. The van der Waals surface area contributed by atoms with Gasteiger partial charge in [-0.1, -0.05) is 26.0 Å². The predicted octanol–water partition coefficient (Wildman–Crippen LogP) is 3.47. The lowest BCUT2D eigenvalue weighted by Crippen LogP contribution is -2.17. The molecule has 1 amide bonds. The van der Waals surface area contributed by atoms with Crippen LogP contribution in [-0.4, -0.2) is 41.2 Å². The van der Waals surface area contributed by atoms with E-state index in [1.54, 1.807) is 29.6 Å². The number of sulfone groups is 1. The molecular formula is C22H25N3O5S2. The van der Waals surface area contributed by atoms with Crippen molar-refractivity contribution in [3.63, 3.8) is 0 Å². The lowest BCUT2D eigenvalue weighted by Gasteiger charge is -2.09. The van der Waals surface area contributed by atoms with E-state index in [-0.39, 0.29) is 17.2 Å². The fourth-order valence-corrected chi connectivity index (χ4v) is 4.61. The van der Waals surface area contributed by atoms with Crippen LogP contribution < -0.4 is 5.32 Å². The van der Waals surface area contributed by atoms with Gasteiger partial charge in [0.1, 0.15) is 5.69 Å². The summed E-state index contributed by atoms with van der Waals surface area (Å²) < 4.78 is 25.2. The van der Waals surface area contributed by atoms with Gasteiger partial charge in [-0.2, -0.15) is 0 Å². The third-order valence-corrected chi connectivity index (χ3v) is 6.57. The van der Waals surface area contributed by atoms with Crippen molar-refractivity contribution in [3.05, 3.63) is 64.4 Å². The highest BCUT2D eigenvalue weighted by molar-refractivity contribution is 7.90. The number of rotatable bonds is 9. The fourth-order valence-electron chi connectivity index (χ4n) is 3.28. The molecule has 0 unspecified atom stereocenters. The second-order valence-corrected chi connectivity index (χ2v) is 10.9. The van der Waals surface area contributed by atoms with Crippen LogP contribution in [0.3, 0.4) is 0 Å². The third-order valence-electron chi connectivity index (χ3n) is 4.64. The Hall–Kier alpha value is -2.98. The smallest absolute Gasteiger partial charge is 0.309 e. The Balaban J connectivity index is 1.84. The van der Waals surface area contributed by atoms with E-state index in [1.165, 1.54) is 11.3 Å². The quantitative estimate of drug-likeness (QED) is 0.489. The first kappa shape index (κ1) is 23.7. The number of hydrogen-bond donors (Lipinski definition) is 2. The van der Waals surface area contributed by atoms with Gasteiger partial charge in [-0.25, -0.2) is 13.4 Å². The van der Waals surface area contributed by atoms with Crippen molar-refractivity contribution >= 4 is 38.2 Å². The van der Waals surface area contributed by atoms with Crippen LogP contribution in [0, 0.1) is 5.92 Å². The van der Waals surface area contributed by atoms with E-state index in [4.69, 9.17) is 5.11 Å². The maximum absolute atomic E-state index is 13.0. The molecule has 0 radical (unpaired) electrons. The van der Waals surface area contributed by atoms with Crippen molar-refractivity contribution in [3.8, 4) is 0 Å². The van der Waals surface area contributed by atoms with Gasteiger partial charge in [0.25, 0.3) is 5.91 Å². The summed E-state index contributed by atoms with van der Waals surface area (Å²) in [6.07, 6.45) is 3.69. The van der Waals surface area contributed by atoms with Crippen molar-refractivity contribution in [1.29, 1.82) is 0 Å². The van der Waals surface area contributed by atoms with Crippen molar-refractivity contribution in [1.82, 2.24) is 9.55 Å². The third kappa shape index (κ3) is 6.27. The van der Waals surface area contributed by atoms with Gasteiger partial charge in [0.2, 0.25) is 0 Å². The number of nitrogens with zero attached hydrogens (tertiary/aromatic N) is 2. The van der Waals surface area contributed by atoms with Crippen molar-refractivity contribution < 1.29 is 23.1 Å². The number of carboxylic acid groups (broad SMARTS) is 1. The number of carbonyl (C=O) groups is 2. The Kier molecular flexibility index (Phi) is 7.15. The van der Waals surface area contributed by atoms with E-state index in [0.717, 1.165) is 23.8 Å². The van der Waals surface area contributed by atoms with Crippen LogP contribution in [0.5, 0.6) is 0 Å². The first-order chi connectivity index (χ1) is 15.0. The number of amides is 1. The molecule has 8 nitrogen and oxygen atoms in total. The summed E-state index contributed by atoms with van der Waals surface area (Å²) in [5.41, 5.74) is 2.71. The van der Waals surface area contributed by atoms with E-state index in [9.17, 15) is 18.0 Å². The number of benzene rings is 1. The van der Waals surface area contributed by atoms with Gasteiger partial charge in [-0.15, -0.1) is 11.3 Å². The number of anilines is 1. The zero-order chi connectivity index (χ0) is 23.5. The first-order valence-electron chi connectivity index (χ1n) is 9.97. The average Bonchev–Trinajstić information content (AvgIpc) is 3.27. The molecule has 0 aliphatic rings. The molecule has 10 heteroatoms. The summed E-state index contributed by atoms with van der Waals surface area (Å²) in [5, 5.41) is 13.6. The van der Waals surface area contributed by atoms with Crippen LogP contribution >= 0.6 is 11.3 Å². The van der Waals surface area contributed by atoms with Gasteiger partial charge in [-0.3, -0.25) is 14.9 Å². The van der Waals surface area contributed by atoms with Gasteiger partial charge in [-0.05, 0) is 41.7 Å². The van der Waals surface area contributed by atoms with E-state index in [2.05, 4.69) is 24.1 Å². The molecule has 1 aromatic carbocycles. The van der Waals surface area contributed by atoms with Gasteiger partial charge in [0.15, 0.2) is 15.0 Å². The first-order valence-corrected chi connectivity index (χ1v) is 12.7. The zero-order valence-corrected chi connectivity index (χ0v) is 19.7. The molecule has 2 heterocycles. The van der Waals surface area contributed by atoms with Crippen LogP contribution in [0.1, 0.15) is 41.2 Å². The second kappa shape index (κ2) is 9.66. The van der Waals surface area contributed by atoms with E-state index >= 15 is 0 Å². The minimum absolute atomic E-state index is 0.204. The standard InChI is InChI=1S/C22H25N3O5S2/c1-14(2)8-16-9-19(21(28)24-22-23-17(13-31-22)10-20(26)27)25(12-16)11-15-4-6-18(7-5-15)32(3,29)30/h4-7,9,12-14H,8,10-11H2,1-3H3,(H,26,27)(H,23,24,28). The predicted molar refractivity (Wildman–Crippen MR) is 123 cm³/mol. The highest BCUT2D eigenvalue weighted by atomic mass is 32.2. The minimum atomic E-state index is -3.28.